The summed E-state index contributed by atoms with van der Waals surface area (Å²) in [5, 5.41) is 5.70. The van der Waals surface area contributed by atoms with Crippen molar-refractivity contribution in [2.24, 2.45) is 0 Å². The van der Waals surface area contributed by atoms with Crippen LogP contribution < -0.4 is 25.0 Å². The van der Waals surface area contributed by atoms with Gasteiger partial charge in [-0.2, -0.15) is 0 Å². The summed E-state index contributed by atoms with van der Waals surface area (Å²) in [5.41, 5.74) is 3.98. The molecule has 2 amide bonds. The van der Waals surface area contributed by atoms with Gasteiger partial charge in [0.2, 0.25) is 0 Å². The Balaban J connectivity index is 1.52. The van der Waals surface area contributed by atoms with Crippen LogP contribution in [0.5, 0.6) is 11.5 Å². The van der Waals surface area contributed by atoms with Crippen LogP contribution in [-0.2, 0) is 13.1 Å². The van der Waals surface area contributed by atoms with Crippen molar-refractivity contribution < 1.29 is 14.3 Å². The molecule has 0 atom stereocenters. The van der Waals surface area contributed by atoms with Crippen LogP contribution >= 0.6 is 0 Å². The topological polar surface area (TPSA) is 62.8 Å². The van der Waals surface area contributed by atoms with Crippen molar-refractivity contribution in [1.29, 1.82) is 0 Å². The first kappa shape index (κ1) is 21.0. The van der Waals surface area contributed by atoms with E-state index in [1.165, 1.54) is 5.56 Å². The number of rotatable bonds is 8. The molecule has 0 aliphatic heterocycles. The van der Waals surface area contributed by atoms with Crippen LogP contribution in [0.1, 0.15) is 11.1 Å². The minimum atomic E-state index is -0.268. The maximum atomic E-state index is 12.2. The van der Waals surface area contributed by atoms with Gasteiger partial charge >= 0.3 is 6.03 Å². The molecule has 0 aliphatic rings. The highest BCUT2D eigenvalue weighted by Gasteiger charge is 2.07. The molecule has 0 radical (unpaired) electrons. The zero-order valence-electron chi connectivity index (χ0n) is 17.5. The number of amides is 2. The summed E-state index contributed by atoms with van der Waals surface area (Å²) >= 11 is 0. The Morgan fingerprint density at radius 3 is 2.23 bits per heavy atom. The lowest BCUT2D eigenvalue weighted by atomic mass is 10.2. The van der Waals surface area contributed by atoms with Crippen LogP contribution in [0, 0.1) is 0 Å². The summed E-state index contributed by atoms with van der Waals surface area (Å²) in [6.07, 6.45) is 0. The Hall–Kier alpha value is -3.67. The molecule has 156 valence electrons. The third-order valence-corrected chi connectivity index (χ3v) is 4.73. The number of carbonyl (C=O) groups excluding carboxylic acids is 1. The first-order chi connectivity index (χ1) is 14.6. The number of carbonyl (C=O) groups is 1. The average Bonchev–Trinajstić information content (AvgIpc) is 2.78. The number of urea groups is 1. The number of methoxy groups -OCH3 is 2. The summed E-state index contributed by atoms with van der Waals surface area (Å²) in [4.78, 5) is 14.4. The molecular formula is C24H27N3O3. The second-order valence-corrected chi connectivity index (χ2v) is 6.89. The maximum absolute atomic E-state index is 12.2. The lowest BCUT2D eigenvalue weighted by Crippen LogP contribution is -2.28. The number of hydrogen-bond donors (Lipinski definition) is 2. The van der Waals surface area contributed by atoms with Gasteiger partial charge in [0.25, 0.3) is 0 Å². The first-order valence-corrected chi connectivity index (χ1v) is 9.70. The van der Waals surface area contributed by atoms with Crippen molar-refractivity contribution in [3.63, 3.8) is 0 Å². The molecule has 0 unspecified atom stereocenters. The van der Waals surface area contributed by atoms with Gasteiger partial charge in [0.1, 0.15) is 0 Å². The van der Waals surface area contributed by atoms with Crippen molar-refractivity contribution in [2.45, 2.75) is 13.1 Å². The highest BCUT2D eigenvalue weighted by atomic mass is 16.5. The van der Waals surface area contributed by atoms with E-state index < -0.39 is 0 Å². The van der Waals surface area contributed by atoms with E-state index in [1.807, 2.05) is 67.7 Å². The van der Waals surface area contributed by atoms with Gasteiger partial charge in [0.15, 0.2) is 11.5 Å². The molecule has 0 aromatic heterocycles. The van der Waals surface area contributed by atoms with Gasteiger partial charge in [-0.15, -0.1) is 0 Å². The minimum Gasteiger partial charge on any atom is -0.493 e. The summed E-state index contributed by atoms with van der Waals surface area (Å²) in [7, 11) is 5.22. The largest absolute Gasteiger partial charge is 0.493 e. The third kappa shape index (κ3) is 5.67. The van der Waals surface area contributed by atoms with Gasteiger partial charge in [-0.25, -0.2) is 4.79 Å². The molecule has 0 heterocycles. The minimum absolute atomic E-state index is 0.268. The molecule has 30 heavy (non-hydrogen) atoms. The van der Waals surface area contributed by atoms with E-state index in [-0.39, 0.29) is 6.03 Å². The van der Waals surface area contributed by atoms with Gasteiger partial charge in [0.05, 0.1) is 14.2 Å². The Kier molecular flexibility index (Phi) is 7.16. The third-order valence-electron chi connectivity index (χ3n) is 4.73. The number of nitrogens with one attached hydrogen (secondary N) is 2. The number of benzene rings is 3. The second-order valence-electron chi connectivity index (χ2n) is 6.89. The highest BCUT2D eigenvalue weighted by molar-refractivity contribution is 5.89. The van der Waals surface area contributed by atoms with E-state index in [0.717, 1.165) is 23.5 Å². The van der Waals surface area contributed by atoms with E-state index in [1.54, 1.807) is 14.2 Å². The molecule has 6 nitrogen and oxygen atoms in total. The SMILES string of the molecule is COc1ccc(CNC(=O)Nc2ccc(N(C)Cc3ccccc3)cc2)cc1OC. The number of ether oxygens (including phenoxy) is 2. The van der Waals surface area contributed by atoms with Gasteiger partial charge < -0.3 is 25.0 Å². The molecule has 3 rings (SSSR count). The Morgan fingerprint density at radius 1 is 0.867 bits per heavy atom. The molecule has 3 aromatic rings. The van der Waals surface area contributed by atoms with Gasteiger partial charge in [0, 0.05) is 31.5 Å². The number of anilines is 2. The smallest absolute Gasteiger partial charge is 0.319 e. The maximum Gasteiger partial charge on any atom is 0.319 e. The number of hydrogen-bond acceptors (Lipinski definition) is 4. The molecule has 0 saturated heterocycles. The quantitative estimate of drug-likeness (QED) is 0.572. The molecule has 0 fully saturated rings. The van der Waals surface area contributed by atoms with E-state index in [4.69, 9.17) is 9.47 Å². The van der Waals surface area contributed by atoms with E-state index in [2.05, 4.69) is 27.7 Å². The van der Waals surface area contributed by atoms with Gasteiger partial charge in [-0.05, 0) is 47.5 Å². The fourth-order valence-electron chi connectivity index (χ4n) is 3.10. The standard InChI is InChI=1S/C24H27N3O3/c1-27(17-18-7-5-4-6-8-18)21-12-10-20(11-13-21)26-24(28)25-16-19-9-14-22(29-2)23(15-19)30-3/h4-15H,16-17H2,1-3H3,(H2,25,26,28). The van der Waals surface area contributed by atoms with Crippen LogP contribution in [0.2, 0.25) is 0 Å². The highest BCUT2D eigenvalue weighted by Crippen LogP contribution is 2.27. The van der Waals surface area contributed by atoms with Crippen molar-refractivity contribution in [1.82, 2.24) is 5.32 Å². The average molecular weight is 405 g/mol. The van der Waals surface area contributed by atoms with E-state index in [9.17, 15) is 4.79 Å². The normalized spacial score (nSPS) is 10.2. The zero-order chi connectivity index (χ0) is 21.3. The number of nitrogens with zero attached hydrogens (tertiary/aromatic N) is 1. The fraction of sp³-hybridized carbons (Fsp3) is 0.208. The Morgan fingerprint density at radius 2 is 1.57 bits per heavy atom. The van der Waals surface area contributed by atoms with Crippen LogP contribution in [0.3, 0.4) is 0 Å². The van der Waals surface area contributed by atoms with Crippen molar-refractivity contribution in [2.75, 3.05) is 31.5 Å². The zero-order valence-corrected chi connectivity index (χ0v) is 17.5. The molecule has 2 N–H and O–H groups in total. The lowest BCUT2D eigenvalue weighted by Gasteiger charge is -2.20. The van der Waals surface area contributed by atoms with Crippen LogP contribution in [0.4, 0.5) is 16.2 Å². The van der Waals surface area contributed by atoms with Crippen LogP contribution in [0.15, 0.2) is 72.8 Å². The van der Waals surface area contributed by atoms with Crippen LogP contribution in [0.25, 0.3) is 0 Å². The van der Waals surface area contributed by atoms with Gasteiger partial charge in [-0.1, -0.05) is 36.4 Å². The summed E-state index contributed by atoms with van der Waals surface area (Å²) < 4.78 is 10.5. The monoisotopic (exact) mass is 405 g/mol. The van der Waals surface area contributed by atoms with E-state index >= 15 is 0 Å². The molecule has 0 aliphatic carbocycles. The molecule has 3 aromatic carbocycles. The van der Waals surface area contributed by atoms with Gasteiger partial charge in [-0.3, -0.25) is 0 Å². The summed E-state index contributed by atoms with van der Waals surface area (Å²) in [5.74, 6) is 1.29. The second kappa shape index (κ2) is 10.2. The lowest BCUT2D eigenvalue weighted by molar-refractivity contribution is 0.251. The Bertz CT molecular complexity index is 959. The first-order valence-electron chi connectivity index (χ1n) is 9.70. The summed E-state index contributed by atoms with van der Waals surface area (Å²) in [6.45, 7) is 1.20. The fourth-order valence-corrected chi connectivity index (χ4v) is 3.10. The predicted molar refractivity (Wildman–Crippen MR) is 120 cm³/mol. The molecule has 0 spiro atoms. The predicted octanol–water partition coefficient (Wildman–Crippen LogP) is 4.66. The van der Waals surface area contributed by atoms with Crippen molar-refractivity contribution >= 4 is 17.4 Å². The molecule has 0 bridgehead atoms. The van der Waals surface area contributed by atoms with Crippen LogP contribution in [-0.4, -0.2) is 27.3 Å². The van der Waals surface area contributed by atoms with Crippen molar-refractivity contribution in [3.8, 4) is 11.5 Å². The Labute approximate surface area is 177 Å². The molecular weight excluding hydrogens is 378 g/mol. The van der Waals surface area contributed by atoms with Crippen molar-refractivity contribution in [3.05, 3.63) is 83.9 Å². The molecule has 0 saturated carbocycles. The van der Waals surface area contributed by atoms with E-state index in [0.29, 0.717) is 18.0 Å². The molecule has 6 heteroatoms. The summed E-state index contributed by atoms with van der Waals surface area (Å²) in [6, 6.07) is 23.4.